The largest absolute Gasteiger partial charge is 0.378 e. The van der Waals surface area contributed by atoms with Crippen LogP contribution in [0.3, 0.4) is 0 Å². The average Bonchev–Trinajstić information content (AvgIpc) is 3.35. The second-order valence-corrected chi connectivity index (χ2v) is 10.0. The number of rotatable bonds is 3. The van der Waals surface area contributed by atoms with E-state index >= 15 is 0 Å². The number of morpholine rings is 1. The van der Waals surface area contributed by atoms with E-state index in [0.717, 1.165) is 53.8 Å². The number of fused-ring (bicyclic) bond motifs is 2. The first kappa shape index (κ1) is 18.2. The Morgan fingerprint density at radius 3 is 3.00 bits per heavy atom. The number of nitrogens with zero attached hydrogens (tertiary/aromatic N) is 3. The number of thioether (sulfide) groups is 1. The summed E-state index contributed by atoms with van der Waals surface area (Å²) in [5.74, 6) is 0.627. The molecule has 1 aromatic carbocycles. The van der Waals surface area contributed by atoms with E-state index in [4.69, 9.17) is 9.72 Å². The zero-order valence-corrected chi connectivity index (χ0v) is 17.3. The molecule has 0 aliphatic carbocycles. The van der Waals surface area contributed by atoms with Crippen molar-refractivity contribution in [1.29, 1.82) is 0 Å². The Morgan fingerprint density at radius 1 is 1.36 bits per heavy atom. The molecule has 5 rings (SSSR count). The average molecular weight is 419 g/mol. The van der Waals surface area contributed by atoms with E-state index in [0.29, 0.717) is 12.2 Å². The number of hydrogen-bond donors (Lipinski definition) is 1. The monoisotopic (exact) mass is 418 g/mol. The van der Waals surface area contributed by atoms with Crippen LogP contribution < -0.4 is 10.2 Å². The van der Waals surface area contributed by atoms with Crippen LogP contribution in [0.15, 0.2) is 18.2 Å². The number of thiazole rings is 1. The minimum atomic E-state index is -0.397. The molecule has 148 valence electrons. The first-order chi connectivity index (χ1) is 13.5. The van der Waals surface area contributed by atoms with Crippen LogP contribution in [0.2, 0.25) is 0 Å². The Balaban J connectivity index is 1.33. The summed E-state index contributed by atoms with van der Waals surface area (Å²) < 4.78 is 6.45. The number of nitrogens with one attached hydrogen (secondary N) is 1. The normalized spacial score (nSPS) is 27.5. The lowest BCUT2D eigenvalue weighted by atomic mass is 10.2. The molecule has 28 heavy (non-hydrogen) atoms. The predicted octanol–water partition coefficient (Wildman–Crippen LogP) is 2.53. The van der Waals surface area contributed by atoms with E-state index in [-0.39, 0.29) is 16.7 Å². The van der Waals surface area contributed by atoms with Crippen LogP contribution in [-0.4, -0.2) is 64.7 Å². The van der Waals surface area contributed by atoms with Crippen LogP contribution in [0, 0.1) is 0 Å². The maximum Gasteiger partial charge on any atom is 0.248 e. The molecule has 0 unspecified atom stereocenters. The highest BCUT2D eigenvalue weighted by atomic mass is 32.2. The summed E-state index contributed by atoms with van der Waals surface area (Å²) in [6.07, 6.45) is 1.35. The van der Waals surface area contributed by atoms with Gasteiger partial charge in [-0.3, -0.25) is 9.59 Å². The van der Waals surface area contributed by atoms with E-state index in [2.05, 4.69) is 17.1 Å². The third-order valence-corrected chi connectivity index (χ3v) is 8.26. The van der Waals surface area contributed by atoms with Crippen molar-refractivity contribution < 1.29 is 14.3 Å². The smallest absolute Gasteiger partial charge is 0.248 e. The van der Waals surface area contributed by atoms with Crippen molar-refractivity contribution in [2.75, 3.05) is 42.3 Å². The number of carbonyl (C=O) groups excluding carboxylic acids is 2. The Bertz CT molecular complexity index is 942. The molecule has 7 nitrogen and oxygen atoms in total. The number of aromatic nitrogens is 1. The first-order valence-electron chi connectivity index (χ1n) is 9.54. The van der Waals surface area contributed by atoms with Gasteiger partial charge in [0.05, 0.1) is 28.3 Å². The number of hydrogen-bond acceptors (Lipinski definition) is 7. The number of carbonyl (C=O) groups is 2. The van der Waals surface area contributed by atoms with Gasteiger partial charge in [0.15, 0.2) is 5.13 Å². The predicted molar refractivity (Wildman–Crippen MR) is 112 cm³/mol. The van der Waals surface area contributed by atoms with E-state index in [1.54, 1.807) is 28.0 Å². The van der Waals surface area contributed by atoms with E-state index < -0.39 is 6.04 Å². The molecule has 1 N–H and O–H groups in total. The van der Waals surface area contributed by atoms with Crippen molar-refractivity contribution in [3.8, 4) is 0 Å². The van der Waals surface area contributed by atoms with E-state index in [9.17, 15) is 9.59 Å². The van der Waals surface area contributed by atoms with Crippen LogP contribution in [0.25, 0.3) is 10.2 Å². The molecule has 2 amide bonds. The van der Waals surface area contributed by atoms with Gasteiger partial charge in [0, 0.05) is 31.0 Å². The van der Waals surface area contributed by atoms with E-state index in [1.165, 1.54) is 0 Å². The second kappa shape index (κ2) is 6.89. The van der Waals surface area contributed by atoms with Gasteiger partial charge in [-0.25, -0.2) is 4.98 Å². The van der Waals surface area contributed by atoms with Crippen LogP contribution in [0.5, 0.6) is 0 Å². The van der Waals surface area contributed by atoms with Crippen LogP contribution in [0.1, 0.15) is 19.8 Å². The first-order valence-corrected chi connectivity index (χ1v) is 11.3. The Labute approximate surface area is 171 Å². The number of ether oxygens (including phenoxy) is 1. The maximum absolute atomic E-state index is 12.9. The summed E-state index contributed by atoms with van der Waals surface area (Å²) in [7, 11) is 0. The Morgan fingerprint density at radius 2 is 2.18 bits per heavy atom. The van der Waals surface area contributed by atoms with Crippen molar-refractivity contribution in [3.63, 3.8) is 0 Å². The molecule has 3 saturated heterocycles. The Hall–Kier alpha value is -1.84. The highest BCUT2D eigenvalue weighted by molar-refractivity contribution is 8.01. The maximum atomic E-state index is 12.9. The lowest BCUT2D eigenvalue weighted by molar-refractivity contribution is -0.135. The minimum absolute atomic E-state index is 0.0840. The zero-order valence-electron chi connectivity index (χ0n) is 15.6. The lowest BCUT2D eigenvalue weighted by Crippen LogP contribution is -2.48. The molecule has 0 bridgehead atoms. The third kappa shape index (κ3) is 3.05. The number of anilines is 2. The minimum Gasteiger partial charge on any atom is -0.378 e. The van der Waals surface area contributed by atoms with Gasteiger partial charge in [0.2, 0.25) is 11.8 Å². The van der Waals surface area contributed by atoms with Gasteiger partial charge >= 0.3 is 0 Å². The van der Waals surface area contributed by atoms with Crippen molar-refractivity contribution in [2.45, 2.75) is 30.7 Å². The molecule has 0 spiro atoms. The molecular weight excluding hydrogens is 396 g/mol. The molecule has 3 aliphatic rings. The molecule has 4 heterocycles. The SMILES string of the molecule is C[C@@]12CCC(=O)N1[C@H](C(=O)Nc1ccc3nc(N4CCOCC4)sc3c1)CS2. The van der Waals surface area contributed by atoms with Gasteiger partial charge in [-0.1, -0.05) is 11.3 Å². The summed E-state index contributed by atoms with van der Waals surface area (Å²) in [5.41, 5.74) is 1.68. The quantitative estimate of drug-likeness (QED) is 0.826. The summed E-state index contributed by atoms with van der Waals surface area (Å²) in [4.78, 5) is 33.7. The van der Waals surface area contributed by atoms with Gasteiger partial charge < -0.3 is 19.9 Å². The van der Waals surface area contributed by atoms with Gasteiger partial charge in [-0.15, -0.1) is 11.8 Å². The molecule has 9 heteroatoms. The molecule has 0 radical (unpaired) electrons. The molecule has 0 saturated carbocycles. The van der Waals surface area contributed by atoms with Crippen molar-refractivity contribution in [1.82, 2.24) is 9.88 Å². The molecule has 3 aliphatic heterocycles. The molecule has 2 atom stereocenters. The van der Waals surface area contributed by atoms with Crippen LogP contribution in [-0.2, 0) is 14.3 Å². The highest BCUT2D eigenvalue weighted by Crippen LogP contribution is 2.47. The van der Waals surface area contributed by atoms with Gasteiger partial charge in [0.1, 0.15) is 6.04 Å². The fraction of sp³-hybridized carbons (Fsp3) is 0.526. The summed E-state index contributed by atoms with van der Waals surface area (Å²) in [5, 5.41) is 4.01. The standard InChI is InChI=1S/C19H22N4O3S2/c1-19-5-4-16(24)23(19)14(11-27-19)17(25)20-12-2-3-13-15(10-12)28-18(21-13)22-6-8-26-9-7-22/h2-3,10,14H,4-9,11H2,1H3,(H,20,25)/t14-,19+/m0/s1. The molecule has 3 fully saturated rings. The second-order valence-electron chi connectivity index (χ2n) is 7.53. The third-order valence-electron chi connectivity index (χ3n) is 5.67. The lowest BCUT2D eigenvalue weighted by Gasteiger charge is -2.29. The number of benzene rings is 1. The van der Waals surface area contributed by atoms with Gasteiger partial charge in [-0.2, -0.15) is 0 Å². The van der Waals surface area contributed by atoms with Crippen molar-refractivity contribution >= 4 is 55.9 Å². The topological polar surface area (TPSA) is 74.8 Å². The van der Waals surface area contributed by atoms with Crippen molar-refractivity contribution in [2.24, 2.45) is 0 Å². The fourth-order valence-corrected chi connectivity index (χ4v) is 6.61. The Kier molecular flexibility index (Phi) is 4.48. The van der Waals surface area contributed by atoms with Crippen molar-refractivity contribution in [3.05, 3.63) is 18.2 Å². The van der Waals surface area contributed by atoms with Crippen LogP contribution in [0.4, 0.5) is 10.8 Å². The van der Waals surface area contributed by atoms with Crippen LogP contribution >= 0.6 is 23.1 Å². The summed E-state index contributed by atoms with van der Waals surface area (Å²) in [6.45, 7) is 5.22. The zero-order chi connectivity index (χ0) is 19.3. The van der Waals surface area contributed by atoms with E-state index in [1.807, 2.05) is 18.2 Å². The van der Waals surface area contributed by atoms with Gasteiger partial charge in [-0.05, 0) is 31.5 Å². The fourth-order valence-electron chi connectivity index (χ4n) is 4.12. The van der Waals surface area contributed by atoms with Gasteiger partial charge in [0.25, 0.3) is 0 Å². The summed E-state index contributed by atoms with van der Waals surface area (Å²) in [6, 6.07) is 5.41. The molecular formula is C19H22N4O3S2. The summed E-state index contributed by atoms with van der Waals surface area (Å²) >= 11 is 3.34. The molecule has 2 aromatic rings. The molecule has 1 aromatic heterocycles. The highest BCUT2D eigenvalue weighted by Gasteiger charge is 2.52. The number of amides is 2.